The van der Waals surface area contributed by atoms with E-state index < -0.39 is 0 Å². The van der Waals surface area contributed by atoms with E-state index in [1.54, 1.807) is 11.3 Å². The Balaban J connectivity index is 1.45. The second kappa shape index (κ2) is 6.54. The lowest BCUT2D eigenvalue weighted by atomic mass is 9.88. The monoisotopic (exact) mass is 334 g/mol. The van der Waals surface area contributed by atoms with Gasteiger partial charge >= 0.3 is 0 Å². The third kappa shape index (κ3) is 3.32. The van der Waals surface area contributed by atoms with Gasteiger partial charge in [-0.1, -0.05) is 6.07 Å². The van der Waals surface area contributed by atoms with Crippen LogP contribution in [0.15, 0.2) is 17.5 Å². The topological polar surface area (TPSA) is 32.8 Å². The summed E-state index contributed by atoms with van der Waals surface area (Å²) in [7, 11) is 1.83. The number of carbonyl (C=O) groups excluding carboxylic acids is 1. The number of fused-ring (bicyclic) bond motifs is 1. The van der Waals surface area contributed by atoms with Crippen molar-refractivity contribution in [1.29, 1.82) is 0 Å². The van der Waals surface area contributed by atoms with Crippen molar-refractivity contribution in [3.63, 3.8) is 0 Å². The van der Waals surface area contributed by atoms with Gasteiger partial charge in [0, 0.05) is 44.1 Å². The Morgan fingerprint density at radius 2 is 2.22 bits per heavy atom. The molecule has 0 unspecified atom stereocenters. The standard InChI is InChI=1S/C18H26N2O2S/c1-22-17-6-7-20(18(21)9-14-3-2-8-23-14)16-12-19(11-15(16)17)10-13-4-5-13/h2-3,8,13,15-17H,4-7,9-12H2,1H3/t15-,16+,17-/m0/s1. The van der Waals surface area contributed by atoms with Gasteiger partial charge in [-0.25, -0.2) is 0 Å². The molecule has 0 bridgehead atoms. The van der Waals surface area contributed by atoms with Crippen LogP contribution in [-0.2, 0) is 16.0 Å². The van der Waals surface area contributed by atoms with E-state index in [0.717, 1.165) is 32.0 Å². The summed E-state index contributed by atoms with van der Waals surface area (Å²) in [5.41, 5.74) is 0. The van der Waals surface area contributed by atoms with Crippen LogP contribution in [0.5, 0.6) is 0 Å². The molecule has 0 N–H and O–H groups in total. The van der Waals surface area contributed by atoms with Crippen LogP contribution >= 0.6 is 11.3 Å². The molecule has 4 rings (SSSR count). The SMILES string of the molecule is CO[C@H]1CCN(C(=O)Cc2cccs2)[C@@H]2CN(CC3CC3)C[C@H]12. The van der Waals surface area contributed by atoms with Crippen molar-refractivity contribution in [2.45, 2.75) is 37.8 Å². The van der Waals surface area contributed by atoms with Crippen LogP contribution in [-0.4, -0.2) is 61.1 Å². The molecule has 3 heterocycles. The van der Waals surface area contributed by atoms with Crippen LogP contribution in [0, 0.1) is 11.8 Å². The third-order valence-electron chi connectivity index (χ3n) is 5.68. The third-order valence-corrected chi connectivity index (χ3v) is 6.56. The number of nitrogens with zero attached hydrogens (tertiary/aromatic N) is 2. The van der Waals surface area contributed by atoms with Gasteiger partial charge in [0.15, 0.2) is 0 Å². The van der Waals surface area contributed by atoms with Gasteiger partial charge in [-0.05, 0) is 36.6 Å². The highest BCUT2D eigenvalue weighted by Gasteiger charge is 2.46. The van der Waals surface area contributed by atoms with E-state index in [2.05, 4.69) is 21.2 Å². The number of likely N-dealkylation sites (tertiary alicyclic amines) is 2. The van der Waals surface area contributed by atoms with Crippen LogP contribution in [0.3, 0.4) is 0 Å². The Kier molecular flexibility index (Phi) is 4.43. The largest absolute Gasteiger partial charge is 0.381 e. The summed E-state index contributed by atoms with van der Waals surface area (Å²) in [5.74, 6) is 1.69. The van der Waals surface area contributed by atoms with Crippen molar-refractivity contribution in [3.05, 3.63) is 22.4 Å². The van der Waals surface area contributed by atoms with Gasteiger partial charge < -0.3 is 14.5 Å². The lowest BCUT2D eigenvalue weighted by molar-refractivity contribution is -0.138. The number of rotatable bonds is 5. The zero-order valence-electron chi connectivity index (χ0n) is 13.8. The highest BCUT2D eigenvalue weighted by atomic mass is 32.1. The highest BCUT2D eigenvalue weighted by Crippen LogP contribution is 2.36. The molecule has 0 aromatic carbocycles. The van der Waals surface area contributed by atoms with Crippen LogP contribution in [0.2, 0.25) is 0 Å². The van der Waals surface area contributed by atoms with Crippen molar-refractivity contribution in [2.75, 3.05) is 33.3 Å². The first-order valence-electron chi connectivity index (χ1n) is 8.81. The maximum absolute atomic E-state index is 12.8. The predicted octanol–water partition coefficient (Wildman–Crippen LogP) is 2.25. The molecule has 1 amide bonds. The van der Waals surface area contributed by atoms with E-state index >= 15 is 0 Å². The van der Waals surface area contributed by atoms with Gasteiger partial charge in [-0.2, -0.15) is 0 Å². The first-order valence-corrected chi connectivity index (χ1v) is 9.69. The summed E-state index contributed by atoms with van der Waals surface area (Å²) in [6.45, 7) is 4.21. The number of hydrogen-bond acceptors (Lipinski definition) is 4. The van der Waals surface area contributed by atoms with Crippen molar-refractivity contribution < 1.29 is 9.53 Å². The van der Waals surface area contributed by atoms with Gasteiger partial charge in [-0.3, -0.25) is 4.79 Å². The second-order valence-corrected chi connectivity index (χ2v) is 8.33. The van der Waals surface area contributed by atoms with Gasteiger partial charge in [0.1, 0.15) is 0 Å². The normalized spacial score (nSPS) is 31.3. The summed E-state index contributed by atoms with van der Waals surface area (Å²) in [5, 5.41) is 2.05. The molecule has 126 valence electrons. The summed E-state index contributed by atoms with van der Waals surface area (Å²) in [4.78, 5) is 18.7. The molecule has 2 aliphatic heterocycles. The van der Waals surface area contributed by atoms with E-state index in [-0.39, 0.29) is 0 Å². The molecule has 1 aliphatic carbocycles. The number of amides is 1. The minimum atomic E-state index is 0.297. The maximum Gasteiger partial charge on any atom is 0.228 e. The average Bonchev–Trinajstić information content (AvgIpc) is 3.04. The predicted molar refractivity (Wildman–Crippen MR) is 91.6 cm³/mol. The Morgan fingerprint density at radius 1 is 1.35 bits per heavy atom. The van der Waals surface area contributed by atoms with E-state index in [4.69, 9.17) is 4.74 Å². The molecule has 3 aliphatic rings. The molecule has 3 atom stereocenters. The molecule has 5 heteroatoms. The van der Waals surface area contributed by atoms with E-state index in [9.17, 15) is 4.79 Å². The van der Waals surface area contributed by atoms with E-state index in [1.165, 1.54) is 24.3 Å². The Hall–Kier alpha value is -0.910. The number of thiophene rings is 1. The zero-order chi connectivity index (χ0) is 15.8. The van der Waals surface area contributed by atoms with Crippen molar-refractivity contribution >= 4 is 17.2 Å². The molecule has 0 radical (unpaired) electrons. The zero-order valence-corrected chi connectivity index (χ0v) is 14.6. The minimum Gasteiger partial charge on any atom is -0.381 e. The molecular formula is C18H26N2O2S. The van der Waals surface area contributed by atoms with Gasteiger partial charge in [0.2, 0.25) is 5.91 Å². The second-order valence-electron chi connectivity index (χ2n) is 7.30. The molecule has 1 saturated carbocycles. The van der Waals surface area contributed by atoms with Crippen molar-refractivity contribution in [1.82, 2.24) is 9.80 Å². The van der Waals surface area contributed by atoms with Crippen LogP contribution < -0.4 is 0 Å². The summed E-state index contributed by atoms with van der Waals surface area (Å²) >= 11 is 1.68. The number of carbonyl (C=O) groups is 1. The van der Waals surface area contributed by atoms with Crippen LogP contribution in [0.25, 0.3) is 0 Å². The Labute approximate surface area is 142 Å². The first-order chi connectivity index (χ1) is 11.2. The molecule has 23 heavy (non-hydrogen) atoms. The molecule has 4 nitrogen and oxygen atoms in total. The molecule has 2 saturated heterocycles. The number of piperidine rings is 1. The average molecular weight is 334 g/mol. The van der Waals surface area contributed by atoms with Crippen LogP contribution in [0.4, 0.5) is 0 Å². The van der Waals surface area contributed by atoms with Gasteiger partial charge in [0.05, 0.1) is 18.6 Å². The highest BCUT2D eigenvalue weighted by molar-refractivity contribution is 7.10. The summed E-state index contributed by atoms with van der Waals surface area (Å²) < 4.78 is 5.75. The minimum absolute atomic E-state index is 0.297. The quantitative estimate of drug-likeness (QED) is 0.828. The molecule has 1 aromatic rings. The summed E-state index contributed by atoms with van der Waals surface area (Å²) in [6, 6.07) is 4.44. The molecule has 0 spiro atoms. The Morgan fingerprint density at radius 3 is 2.91 bits per heavy atom. The smallest absolute Gasteiger partial charge is 0.228 e. The summed E-state index contributed by atoms with van der Waals surface area (Å²) in [6.07, 6.45) is 4.63. The van der Waals surface area contributed by atoms with Crippen molar-refractivity contribution in [3.8, 4) is 0 Å². The lowest BCUT2D eigenvalue weighted by Crippen LogP contribution is -2.54. The molecule has 1 aromatic heterocycles. The fourth-order valence-electron chi connectivity index (χ4n) is 4.32. The van der Waals surface area contributed by atoms with Gasteiger partial charge in [-0.15, -0.1) is 11.3 Å². The molecular weight excluding hydrogens is 308 g/mol. The van der Waals surface area contributed by atoms with E-state index in [1.807, 2.05) is 13.2 Å². The van der Waals surface area contributed by atoms with Gasteiger partial charge in [0.25, 0.3) is 0 Å². The Bertz CT molecular complexity index is 543. The fourth-order valence-corrected chi connectivity index (χ4v) is 5.01. The lowest BCUT2D eigenvalue weighted by Gasteiger charge is -2.41. The number of methoxy groups -OCH3 is 1. The van der Waals surface area contributed by atoms with Crippen molar-refractivity contribution in [2.24, 2.45) is 11.8 Å². The van der Waals surface area contributed by atoms with Crippen LogP contribution in [0.1, 0.15) is 24.1 Å². The maximum atomic E-state index is 12.8. The van der Waals surface area contributed by atoms with E-state index in [0.29, 0.717) is 30.4 Å². The fraction of sp³-hybridized carbons (Fsp3) is 0.722. The number of hydrogen-bond donors (Lipinski definition) is 0. The molecule has 3 fully saturated rings. The number of ether oxygens (including phenoxy) is 1. The first kappa shape index (κ1) is 15.6.